The maximum Gasteiger partial charge on any atom is 0.422 e. The van der Waals surface area contributed by atoms with Gasteiger partial charge in [-0.05, 0) is 12.8 Å². The fourth-order valence-electron chi connectivity index (χ4n) is 1.33. The molecular formula is C13H20F6O4. The summed E-state index contributed by atoms with van der Waals surface area (Å²) in [5.41, 5.74) is 0. The summed E-state index contributed by atoms with van der Waals surface area (Å²) in [5.74, 6) is -4.01. The van der Waals surface area contributed by atoms with Crippen LogP contribution in [-0.4, -0.2) is 37.5 Å². The van der Waals surface area contributed by atoms with Gasteiger partial charge in [0.15, 0.2) is 13.2 Å². The molecule has 4 nitrogen and oxygen atoms in total. The van der Waals surface area contributed by atoms with Crippen LogP contribution in [0.15, 0.2) is 0 Å². The smallest absolute Gasteiger partial charge is 0.422 e. The minimum absolute atomic E-state index is 0. The molecule has 0 aromatic carbocycles. The molecule has 0 aliphatic heterocycles. The molecule has 0 aliphatic rings. The number of halogens is 6. The van der Waals surface area contributed by atoms with Crippen LogP contribution in [-0.2, 0) is 19.1 Å². The molecule has 0 aromatic heterocycles. The van der Waals surface area contributed by atoms with Gasteiger partial charge in [-0.2, -0.15) is 26.3 Å². The number of carbonyl (C=O) groups excluding carboxylic acids is 2. The van der Waals surface area contributed by atoms with Gasteiger partial charge in [-0.3, -0.25) is 9.59 Å². The Hall–Kier alpha value is -1.48. The first-order valence-electron chi connectivity index (χ1n) is 6.28. The summed E-state index contributed by atoms with van der Waals surface area (Å²) in [6.07, 6.45) is -9.30. The Morgan fingerprint density at radius 2 is 1.04 bits per heavy atom. The molecule has 10 heteroatoms. The quantitative estimate of drug-likeness (QED) is 0.514. The van der Waals surface area contributed by atoms with Gasteiger partial charge in [0.1, 0.15) is 0 Å². The average molecular weight is 354 g/mol. The number of hydrogen-bond acceptors (Lipinski definition) is 4. The van der Waals surface area contributed by atoms with Gasteiger partial charge in [-0.15, -0.1) is 0 Å². The van der Waals surface area contributed by atoms with E-state index >= 15 is 0 Å². The SMILES string of the molecule is C.CC(CCC(C)C(=O)OCC(F)(F)F)C(=O)OCC(F)(F)F. The van der Waals surface area contributed by atoms with Crippen molar-refractivity contribution in [2.24, 2.45) is 11.8 Å². The zero-order chi connectivity index (χ0) is 17.6. The van der Waals surface area contributed by atoms with E-state index in [-0.39, 0.29) is 20.3 Å². The first-order chi connectivity index (χ1) is 9.82. The van der Waals surface area contributed by atoms with Crippen molar-refractivity contribution in [3.63, 3.8) is 0 Å². The standard InChI is InChI=1S/C12H16F6O4.CH4/c1-7(9(19)21-5-11(13,14)15)3-4-8(2)10(20)22-6-12(16,17)18;/h7-8H,3-6H2,1-2H3;1H4. The van der Waals surface area contributed by atoms with Crippen molar-refractivity contribution in [3.8, 4) is 0 Å². The highest BCUT2D eigenvalue weighted by Gasteiger charge is 2.32. The highest BCUT2D eigenvalue weighted by Crippen LogP contribution is 2.20. The van der Waals surface area contributed by atoms with Crippen LogP contribution in [0.3, 0.4) is 0 Å². The lowest BCUT2D eigenvalue weighted by Gasteiger charge is -2.15. The Kier molecular flexibility index (Phi) is 9.94. The molecule has 23 heavy (non-hydrogen) atoms. The molecule has 0 heterocycles. The third-order valence-electron chi connectivity index (χ3n) is 2.59. The average Bonchev–Trinajstić information content (AvgIpc) is 2.37. The second-order valence-electron chi connectivity index (χ2n) is 4.83. The summed E-state index contributed by atoms with van der Waals surface area (Å²) in [5, 5.41) is 0. The van der Waals surface area contributed by atoms with Crippen LogP contribution in [0.2, 0.25) is 0 Å². The molecule has 0 amide bonds. The van der Waals surface area contributed by atoms with Crippen LogP contribution in [0.4, 0.5) is 26.3 Å². The molecule has 2 atom stereocenters. The van der Waals surface area contributed by atoms with E-state index in [9.17, 15) is 35.9 Å². The Labute approximate surface area is 130 Å². The van der Waals surface area contributed by atoms with E-state index in [1.807, 2.05) is 0 Å². The first-order valence-corrected chi connectivity index (χ1v) is 6.28. The predicted molar refractivity (Wildman–Crippen MR) is 68.3 cm³/mol. The van der Waals surface area contributed by atoms with Gasteiger partial charge in [0.2, 0.25) is 0 Å². The lowest BCUT2D eigenvalue weighted by Crippen LogP contribution is -2.26. The van der Waals surface area contributed by atoms with Crippen molar-refractivity contribution in [2.45, 2.75) is 46.5 Å². The third kappa shape index (κ3) is 12.7. The van der Waals surface area contributed by atoms with Gasteiger partial charge in [-0.25, -0.2) is 0 Å². The van der Waals surface area contributed by atoms with E-state index in [0.29, 0.717) is 0 Å². The Balaban J connectivity index is 0. The van der Waals surface area contributed by atoms with E-state index in [0.717, 1.165) is 0 Å². The zero-order valence-corrected chi connectivity index (χ0v) is 11.9. The maximum absolute atomic E-state index is 11.9. The summed E-state index contributed by atoms with van der Waals surface area (Å²) in [7, 11) is 0. The molecule has 0 aliphatic carbocycles. The molecule has 0 aromatic rings. The molecular weight excluding hydrogens is 334 g/mol. The fourth-order valence-corrected chi connectivity index (χ4v) is 1.33. The Bertz CT molecular complexity index is 342. The van der Waals surface area contributed by atoms with Crippen LogP contribution in [0.5, 0.6) is 0 Å². The normalized spacial score (nSPS) is 14.4. The lowest BCUT2D eigenvalue weighted by atomic mass is 9.98. The van der Waals surface area contributed by atoms with Gasteiger partial charge in [0, 0.05) is 0 Å². The van der Waals surface area contributed by atoms with E-state index < -0.39 is 49.3 Å². The number of carbonyl (C=O) groups is 2. The van der Waals surface area contributed by atoms with E-state index in [1.54, 1.807) is 0 Å². The van der Waals surface area contributed by atoms with Gasteiger partial charge in [0.25, 0.3) is 0 Å². The second-order valence-corrected chi connectivity index (χ2v) is 4.83. The fraction of sp³-hybridized carbons (Fsp3) is 0.846. The highest BCUT2D eigenvalue weighted by atomic mass is 19.4. The van der Waals surface area contributed by atoms with Crippen molar-refractivity contribution in [3.05, 3.63) is 0 Å². The minimum Gasteiger partial charge on any atom is -0.456 e. The summed E-state index contributed by atoms with van der Waals surface area (Å²) >= 11 is 0. The molecule has 0 radical (unpaired) electrons. The predicted octanol–water partition coefficient (Wildman–Crippen LogP) is 3.89. The summed E-state index contributed by atoms with van der Waals surface area (Å²) < 4.78 is 79.1. The number of alkyl halides is 6. The molecule has 0 rings (SSSR count). The molecule has 138 valence electrons. The van der Waals surface area contributed by atoms with E-state index in [1.165, 1.54) is 13.8 Å². The lowest BCUT2D eigenvalue weighted by molar-refractivity contribution is -0.190. The molecule has 0 saturated carbocycles. The molecule has 0 saturated heterocycles. The van der Waals surface area contributed by atoms with Crippen LogP contribution >= 0.6 is 0 Å². The van der Waals surface area contributed by atoms with Crippen LogP contribution in [0.25, 0.3) is 0 Å². The third-order valence-corrected chi connectivity index (χ3v) is 2.59. The van der Waals surface area contributed by atoms with Crippen LogP contribution < -0.4 is 0 Å². The molecule has 0 bridgehead atoms. The minimum atomic E-state index is -4.63. The summed E-state index contributed by atoms with van der Waals surface area (Å²) in [4.78, 5) is 22.5. The zero-order valence-electron chi connectivity index (χ0n) is 11.9. The van der Waals surface area contributed by atoms with Crippen molar-refractivity contribution in [1.82, 2.24) is 0 Å². The van der Waals surface area contributed by atoms with Crippen molar-refractivity contribution >= 4 is 11.9 Å². The van der Waals surface area contributed by atoms with Gasteiger partial charge < -0.3 is 9.47 Å². The maximum atomic E-state index is 11.9. The monoisotopic (exact) mass is 354 g/mol. The first kappa shape index (κ1) is 23.8. The Morgan fingerprint density at radius 1 is 0.783 bits per heavy atom. The highest BCUT2D eigenvalue weighted by molar-refractivity contribution is 5.73. The topological polar surface area (TPSA) is 52.6 Å². The van der Waals surface area contributed by atoms with Crippen LogP contribution in [0.1, 0.15) is 34.1 Å². The molecule has 0 N–H and O–H groups in total. The molecule has 2 unspecified atom stereocenters. The van der Waals surface area contributed by atoms with E-state index in [4.69, 9.17) is 0 Å². The van der Waals surface area contributed by atoms with Gasteiger partial charge >= 0.3 is 24.3 Å². The summed E-state index contributed by atoms with van der Waals surface area (Å²) in [6.45, 7) is -0.822. The largest absolute Gasteiger partial charge is 0.456 e. The van der Waals surface area contributed by atoms with Crippen molar-refractivity contribution in [1.29, 1.82) is 0 Å². The molecule has 0 fully saturated rings. The van der Waals surface area contributed by atoms with Crippen LogP contribution in [0, 0.1) is 11.8 Å². The second kappa shape index (κ2) is 9.61. The number of rotatable bonds is 7. The summed E-state index contributed by atoms with van der Waals surface area (Å²) in [6, 6.07) is 0. The number of ether oxygens (including phenoxy) is 2. The van der Waals surface area contributed by atoms with Gasteiger partial charge in [0.05, 0.1) is 11.8 Å². The van der Waals surface area contributed by atoms with E-state index in [2.05, 4.69) is 9.47 Å². The Morgan fingerprint density at radius 3 is 1.26 bits per heavy atom. The van der Waals surface area contributed by atoms with Crippen molar-refractivity contribution < 1.29 is 45.4 Å². The number of hydrogen-bond donors (Lipinski definition) is 0. The van der Waals surface area contributed by atoms with Gasteiger partial charge in [-0.1, -0.05) is 21.3 Å². The molecule has 0 spiro atoms. The number of esters is 2. The van der Waals surface area contributed by atoms with Crippen molar-refractivity contribution in [2.75, 3.05) is 13.2 Å².